The number of nitrogens with zero attached hydrogens (tertiary/aromatic N) is 2. The van der Waals surface area contributed by atoms with E-state index in [-0.39, 0.29) is 5.91 Å². The fourth-order valence-electron chi connectivity index (χ4n) is 1.50. The smallest absolute Gasteiger partial charge is 0.247 e. The maximum absolute atomic E-state index is 11.6. The predicted molar refractivity (Wildman–Crippen MR) is 58.2 cm³/mol. The summed E-state index contributed by atoms with van der Waals surface area (Å²) < 4.78 is 5.18. The largest absolute Gasteiger partial charge is 0.494 e. The van der Waals surface area contributed by atoms with Crippen molar-refractivity contribution in [1.29, 1.82) is 0 Å². The minimum absolute atomic E-state index is 0.00185. The zero-order valence-electron chi connectivity index (χ0n) is 8.51. The molecule has 4 nitrogen and oxygen atoms in total. The van der Waals surface area contributed by atoms with Crippen LogP contribution in [0.25, 0.3) is 0 Å². The molecular formula is C11H12N2O2. The third kappa shape index (κ3) is 1.83. The summed E-state index contributed by atoms with van der Waals surface area (Å²) in [7, 11) is 1.58. The number of carbonyl (C=O) groups excluding carboxylic acids is 1. The molecule has 0 N–H and O–H groups in total. The zero-order valence-corrected chi connectivity index (χ0v) is 8.51. The van der Waals surface area contributed by atoms with E-state index in [0.29, 0.717) is 24.3 Å². The molecule has 1 aromatic rings. The second kappa shape index (κ2) is 4.13. The molecule has 0 atom stereocenters. The Morgan fingerprint density at radius 2 is 2.20 bits per heavy atom. The van der Waals surface area contributed by atoms with Crippen LogP contribution >= 0.6 is 0 Å². The molecule has 2 rings (SSSR count). The molecule has 0 unspecified atom stereocenters. The molecule has 0 saturated carbocycles. The number of hydrogen-bond donors (Lipinski definition) is 0. The van der Waals surface area contributed by atoms with E-state index in [1.165, 1.54) is 5.01 Å². The zero-order chi connectivity index (χ0) is 10.7. The van der Waals surface area contributed by atoms with Crippen molar-refractivity contribution in [1.82, 2.24) is 0 Å². The molecule has 1 heterocycles. The molecule has 1 aliphatic heterocycles. The minimum atomic E-state index is 0.00185. The Morgan fingerprint density at radius 3 is 2.93 bits per heavy atom. The summed E-state index contributed by atoms with van der Waals surface area (Å²) >= 11 is 0. The highest BCUT2D eigenvalue weighted by atomic mass is 16.5. The molecule has 0 aliphatic carbocycles. The topological polar surface area (TPSA) is 41.9 Å². The van der Waals surface area contributed by atoms with Gasteiger partial charge >= 0.3 is 0 Å². The third-order valence-corrected chi connectivity index (χ3v) is 2.23. The highest BCUT2D eigenvalue weighted by Gasteiger charge is 2.20. The van der Waals surface area contributed by atoms with Gasteiger partial charge < -0.3 is 4.74 Å². The van der Waals surface area contributed by atoms with E-state index in [4.69, 9.17) is 4.74 Å². The van der Waals surface area contributed by atoms with E-state index < -0.39 is 0 Å². The number of ether oxygens (including phenoxy) is 1. The van der Waals surface area contributed by atoms with Crippen molar-refractivity contribution < 1.29 is 9.53 Å². The van der Waals surface area contributed by atoms with Gasteiger partial charge in [-0.05, 0) is 18.6 Å². The van der Waals surface area contributed by atoms with Crippen molar-refractivity contribution >= 4 is 17.8 Å². The van der Waals surface area contributed by atoms with E-state index in [9.17, 15) is 4.79 Å². The second-order valence-corrected chi connectivity index (χ2v) is 3.21. The molecule has 0 spiro atoms. The van der Waals surface area contributed by atoms with Crippen LogP contribution in [0.1, 0.15) is 12.8 Å². The molecule has 0 aromatic heterocycles. The van der Waals surface area contributed by atoms with Crippen LogP contribution in [-0.2, 0) is 4.79 Å². The number of carbonyl (C=O) groups is 1. The fraction of sp³-hybridized carbons (Fsp3) is 0.273. The maximum Gasteiger partial charge on any atom is 0.247 e. The molecule has 0 fully saturated rings. The molecule has 0 bridgehead atoms. The van der Waals surface area contributed by atoms with Crippen molar-refractivity contribution in [3.8, 4) is 5.75 Å². The van der Waals surface area contributed by atoms with Gasteiger partial charge in [-0.3, -0.25) is 4.79 Å². The molecule has 1 aromatic carbocycles. The number of anilines is 1. The molecule has 4 heteroatoms. The van der Waals surface area contributed by atoms with Crippen LogP contribution < -0.4 is 9.75 Å². The van der Waals surface area contributed by atoms with Crippen molar-refractivity contribution in [2.75, 3.05) is 12.1 Å². The Bertz CT molecular complexity index is 401. The second-order valence-electron chi connectivity index (χ2n) is 3.21. The summed E-state index contributed by atoms with van der Waals surface area (Å²) in [6.45, 7) is 0. The Morgan fingerprint density at radius 1 is 1.40 bits per heavy atom. The van der Waals surface area contributed by atoms with Crippen LogP contribution in [-0.4, -0.2) is 19.2 Å². The van der Waals surface area contributed by atoms with Gasteiger partial charge in [0, 0.05) is 12.6 Å². The van der Waals surface area contributed by atoms with Gasteiger partial charge in [-0.15, -0.1) is 0 Å². The molecular weight excluding hydrogens is 192 g/mol. The van der Waals surface area contributed by atoms with Crippen LogP contribution in [0, 0.1) is 0 Å². The molecule has 0 saturated heterocycles. The maximum atomic E-state index is 11.6. The van der Waals surface area contributed by atoms with Crippen molar-refractivity contribution in [2.24, 2.45) is 5.10 Å². The van der Waals surface area contributed by atoms with Crippen molar-refractivity contribution in [2.45, 2.75) is 12.8 Å². The lowest BCUT2D eigenvalue weighted by molar-refractivity contribution is -0.118. The average molecular weight is 204 g/mol. The van der Waals surface area contributed by atoms with Crippen LogP contribution in [0.15, 0.2) is 29.4 Å². The average Bonchev–Trinajstić information content (AvgIpc) is 2.30. The molecule has 78 valence electrons. The minimum Gasteiger partial charge on any atom is -0.494 e. The lowest BCUT2D eigenvalue weighted by Gasteiger charge is -2.21. The molecule has 0 radical (unpaired) electrons. The van der Waals surface area contributed by atoms with Gasteiger partial charge in [-0.1, -0.05) is 12.1 Å². The van der Waals surface area contributed by atoms with E-state index in [0.717, 1.165) is 0 Å². The molecule has 1 amide bonds. The van der Waals surface area contributed by atoms with Crippen LogP contribution in [0.2, 0.25) is 0 Å². The van der Waals surface area contributed by atoms with Gasteiger partial charge in [0.2, 0.25) is 5.91 Å². The van der Waals surface area contributed by atoms with Gasteiger partial charge in [0.15, 0.2) is 0 Å². The standard InChI is InChI=1S/C11H12N2O2/c1-15-10-6-3-2-5-9(10)13-11(14)7-4-8-12-13/h2-3,5-6,8H,4,7H2,1H3. The summed E-state index contributed by atoms with van der Waals surface area (Å²) in [5, 5.41) is 5.46. The number of para-hydroxylation sites is 2. The van der Waals surface area contributed by atoms with E-state index in [1.807, 2.05) is 24.3 Å². The predicted octanol–water partition coefficient (Wildman–Crippen LogP) is 1.81. The number of hydrazone groups is 1. The molecule has 15 heavy (non-hydrogen) atoms. The summed E-state index contributed by atoms with van der Waals surface area (Å²) in [6, 6.07) is 7.35. The van der Waals surface area contributed by atoms with Crippen molar-refractivity contribution in [3.05, 3.63) is 24.3 Å². The highest BCUT2D eigenvalue weighted by Crippen LogP contribution is 2.29. The Hall–Kier alpha value is -1.84. The normalized spacial score (nSPS) is 15.5. The summed E-state index contributed by atoms with van der Waals surface area (Å²) in [5.41, 5.74) is 0.695. The first-order valence-electron chi connectivity index (χ1n) is 4.81. The van der Waals surface area contributed by atoms with Crippen LogP contribution in [0.3, 0.4) is 0 Å². The number of rotatable bonds is 2. The van der Waals surface area contributed by atoms with Gasteiger partial charge in [0.25, 0.3) is 0 Å². The monoisotopic (exact) mass is 204 g/mol. The lowest BCUT2D eigenvalue weighted by Crippen LogP contribution is -2.28. The number of hydrogen-bond acceptors (Lipinski definition) is 3. The van der Waals surface area contributed by atoms with E-state index in [2.05, 4.69) is 5.10 Å². The first-order chi connectivity index (χ1) is 7.33. The summed E-state index contributed by atoms with van der Waals surface area (Å²) in [5.74, 6) is 0.659. The van der Waals surface area contributed by atoms with Crippen molar-refractivity contribution in [3.63, 3.8) is 0 Å². The number of benzene rings is 1. The molecule has 1 aliphatic rings. The Labute approximate surface area is 88.2 Å². The van der Waals surface area contributed by atoms with Gasteiger partial charge in [-0.2, -0.15) is 10.1 Å². The van der Waals surface area contributed by atoms with Gasteiger partial charge in [0.1, 0.15) is 11.4 Å². The first kappa shape index (κ1) is 9.71. The summed E-state index contributed by atoms with van der Waals surface area (Å²) in [4.78, 5) is 11.6. The lowest BCUT2D eigenvalue weighted by atomic mass is 10.2. The number of amides is 1. The third-order valence-electron chi connectivity index (χ3n) is 2.23. The number of methoxy groups -OCH3 is 1. The van der Waals surface area contributed by atoms with E-state index >= 15 is 0 Å². The highest BCUT2D eigenvalue weighted by molar-refractivity contribution is 5.98. The Kier molecular flexibility index (Phi) is 2.67. The van der Waals surface area contributed by atoms with Gasteiger partial charge in [-0.25, -0.2) is 0 Å². The first-order valence-corrected chi connectivity index (χ1v) is 4.81. The van der Waals surface area contributed by atoms with E-state index in [1.54, 1.807) is 13.3 Å². The van der Waals surface area contributed by atoms with Gasteiger partial charge in [0.05, 0.1) is 7.11 Å². The fourth-order valence-corrected chi connectivity index (χ4v) is 1.50. The summed E-state index contributed by atoms with van der Waals surface area (Å²) in [6.07, 6.45) is 2.96. The Balaban J connectivity index is 2.39. The SMILES string of the molecule is COc1ccccc1N1N=CCCC1=O. The quantitative estimate of drug-likeness (QED) is 0.737. The van der Waals surface area contributed by atoms with Crippen LogP contribution in [0.5, 0.6) is 5.75 Å². The van der Waals surface area contributed by atoms with Crippen LogP contribution in [0.4, 0.5) is 5.69 Å².